The monoisotopic (exact) mass is 896 g/mol. The highest BCUT2D eigenvalue weighted by Gasteiger charge is 2.28. The van der Waals surface area contributed by atoms with E-state index in [9.17, 15) is 23.8 Å². The molecule has 356 valence electrons. The summed E-state index contributed by atoms with van der Waals surface area (Å²) in [6.45, 7) is 11.3. The van der Waals surface area contributed by atoms with Crippen molar-refractivity contribution in [3.05, 3.63) is 45.3 Å². The number of hydrogen-bond acceptors (Lipinski definition) is 11. The maximum atomic E-state index is 12.7. The van der Waals surface area contributed by atoms with Crippen molar-refractivity contribution in [2.24, 2.45) is 5.73 Å². The predicted molar refractivity (Wildman–Crippen MR) is 242 cm³/mol. The first-order chi connectivity index (χ1) is 29.7. The van der Waals surface area contributed by atoms with Crippen LogP contribution in [0.5, 0.6) is 0 Å². The number of ether oxygens (including phenoxy) is 2. The van der Waals surface area contributed by atoms with Crippen LogP contribution in [-0.4, -0.2) is 59.9 Å². The van der Waals surface area contributed by atoms with Gasteiger partial charge in [0.2, 0.25) is 0 Å². The van der Waals surface area contributed by atoms with Gasteiger partial charge < -0.3 is 34.0 Å². The van der Waals surface area contributed by atoms with Crippen LogP contribution in [0, 0.1) is 27.7 Å². The Morgan fingerprint density at radius 2 is 0.935 bits per heavy atom. The predicted octanol–water partition coefficient (Wildman–Crippen LogP) is 11.6. The van der Waals surface area contributed by atoms with Gasteiger partial charge in [-0.2, -0.15) is 0 Å². The van der Waals surface area contributed by atoms with E-state index in [1.54, 1.807) is 0 Å². The van der Waals surface area contributed by atoms with Gasteiger partial charge in [0.25, 0.3) is 0 Å². The second-order valence-corrected chi connectivity index (χ2v) is 18.5. The van der Waals surface area contributed by atoms with Crippen LogP contribution in [0.4, 0.5) is 0 Å². The number of aryl methyl sites for hydroxylation is 4. The quantitative estimate of drug-likeness (QED) is 0.0327. The van der Waals surface area contributed by atoms with Gasteiger partial charge in [0.1, 0.15) is 35.7 Å². The Morgan fingerprint density at radius 1 is 0.548 bits per heavy atom. The normalized spacial score (nSPS) is 13.5. The van der Waals surface area contributed by atoms with E-state index in [-0.39, 0.29) is 19.4 Å². The number of esters is 2. The minimum absolute atomic E-state index is 0.127. The number of rotatable bonds is 38. The van der Waals surface area contributed by atoms with Crippen LogP contribution < -0.4 is 5.73 Å². The molecule has 0 amide bonds. The van der Waals surface area contributed by atoms with Crippen LogP contribution in [0.3, 0.4) is 0 Å². The third kappa shape index (κ3) is 23.1. The summed E-state index contributed by atoms with van der Waals surface area (Å²) >= 11 is 0. The molecule has 14 heteroatoms. The summed E-state index contributed by atoms with van der Waals surface area (Å²) in [4.78, 5) is 46.3. The van der Waals surface area contributed by atoms with Crippen molar-refractivity contribution < 1.29 is 56.3 Å². The molecule has 0 aliphatic heterocycles. The van der Waals surface area contributed by atoms with Crippen molar-refractivity contribution in [2.75, 3.05) is 19.8 Å². The molecule has 0 fully saturated rings. The van der Waals surface area contributed by atoms with E-state index in [1.165, 1.54) is 85.1 Å². The van der Waals surface area contributed by atoms with Crippen LogP contribution >= 0.6 is 7.82 Å². The molecule has 3 unspecified atom stereocenters. The molecule has 0 aromatic carbocycles. The fourth-order valence-corrected chi connectivity index (χ4v) is 8.25. The molecule has 62 heavy (non-hydrogen) atoms. The number of carboxylic acid groups (broad SMARTS) is 1. The smallest absolute Gasteiger partial charge is 0.472 e. The van der Waals surface area contributed by atoms with Crippen LogP contribution in [0.2, 0.25) is 0 Å². The summed E-state index contributed by atoms with van der Waals surface area (Å²) in [6.07, 6.45) is 24.2. The van der Waals surface area contributed by atoms with Gasteiger partial charge in [-0.3, -0.25) is 23.4 Å². The lowest BCUT2D eigenvalue weighted by Crippen LogP contribution is -2.34. The van der Waals surface area contributed by atoms with Gasteiger partial charge in [-0.25, -0.2) is 4.57 Å². The van der Waals surface area contributed by atoms with Crippen molar-refractivity contribution in [3.8, 4) is 0 Å². The minimum atomic E-state index is -4.74. The van der Waals surface area contributed by atoms with E-state index in [0.29, 0.717) is 12.8 Å². The zero-order valence-corrected chi connectivity index (χ0v) is 40.1. The molecule has 0 aliphatic carbocycles. The molecule has 2 heterocycles. The Morgan fingerprint density at radius 3 is 1.37 bits per heavy atom. The second kappa shape index (κ2) is 31.8. The third-order valence-corrected chi connectivity index (χ3v) is 12.7. The highest BCUT2D eigenvalue weighted by Crippen LogP contribution is 2.43. The molecule has 2 rings (SSSR count). The number of furan rings is 2. The fraction of sp³-hybridized carbons (Fsp3) is 0.771. The van der Waals surface area contributed by atoms with Crippen molar-refractivity contribution >= 4 is 25.7 Å². The minimum Gasteiger partial charge on any atom is -0.480 e. The van der Waals surface area contributed by atoms with Gasteiger partial charge >= 0.3 is 25.7 Å². The number of phosphoric acid groups is 1. The largest absolute Gasteiger partial charge is 0.480 e. The maximum absolute atomic E-state index is 12.7. The molecule has 3 atom stereocenters. The zero-order chi connectivity index (χ0) is 45.8. The molecule has 0 aliphatic rings. The highest BCUT2D eigenvalue weighted by molar-refractivity contribution is 7.47. The van der Waals surface area contributed by atoms with Crippen molar-refractivity contribution in [2.45, 2.75) is 221 Å². The molecule has 0 bridgehead atoms. The number of hydrogen-bond donors (Lipinski definition) is 3. The van der Waals surface area contributed by atoms with Gasteiger partial charge in [-0.05, 0) is 88.5 Å². The average molecular weight is 896 g/mol. The molecule has 0 saturated heterocycles. The van der Waals surface area contributed by atoms with Gasteiger partial charge in [0.05, 0.1) is 13.2 Å². The maximum Gasteiger partial charge on any atom is 0.472 e. The van der Waals surface area contributed by atoms with Crippen LogP contribution in [0.25, 0.3) is 0 Å². The number of aliphatic carboxylic acids is 1. The highest BCUT2D eigenvalue weighted by atomic mass is 31.2. The summed E-state index contributed by atoms with van der Waals surface area (Å²) in [5, 5.41) is 8.93. The van der Waals surface area contributed by atoms with E-state index in [0.717, 1.165) is 101 Å². The molecule has 13 nitrogen and oxygen atoms in total. The van der Waals surface area contributed by atoms with E-state index < -0.39 is 51.1 Å². The number of unbranched alkanes of at least 4 members (excludes halogenated alkanes) is 16. The lowest BCUT2D eigenvalue weighted by atomic mass is 10.0. The standard InChI is InChI=1S/C48H82NO12P/c1-7-9-22-28-43-38(5)39(6)45(61-43)30-23-18-14-12-10-11-13-15-20-25-31-46(50)56-33-40(34-57-62(54,55)58-35-41(49)48(52)53)59-47(51)32-26-21-17-16-19-24-29-44-37(4)36(3)42(60-44)27-8-2/h40-41H,7-35,49H2,1-6H3,(H,52,53)(H,54,55). The number of carbonyl (C=O) groups excluding carboxylic acids is 2. The van der Waals surface area contributed by atoms with Crippen LogP contribution in [0.15, 0.2) is 8.83 Å². The number of carboxylic acids is 1. The lowest BCUT2D eigenvalue weighted by Gasteiger charge is -2.20. The Labute approximate surface area is 372 Å². The van der Waals surface area contributed by atoms with Gasteiger partial charge in [-0.1, -0.05) is 104 Å². The summed E-state index contributed by atoms with van der Waals surface area (Å²) in [7, 11) is -4.74. The first-order valence-electron chi connectivity index (χ1n) is 23.8. The first-order valence-corrected chi connectivity index (χ1v) is 25.3. The molecule has 0 saturated carbocycles. The summed E-state index contributed by atoms with van der Waals surface area (Å²) in [6, 6.07) is -1.53. The molecule has 2 aromatic rings. The fourth-order valence-electron chi connectivity index (χ4n) is 7.47. The van der Waals surface area contributed by atoms with Crippen LogP contribution in [0.1, 0.15) is 200 Å². The van der Waals surface area contributed by atoms with Gasteiger partial charge in [0.15, 0.2) is 6.10 Å². The molecule has 0 radical (unpaired) electrons. The summed E-state index contributed by atoms with van der Waals surface area (Å²) < 4.78 is 45.2. The SMILES string of the molecule is CCCCCc1oc(CCCCCCCCCCCCC(=O)OCC(COP(=O)(O)OCC(N)C(=O)O)OC(=O)CCCCCCCCc2oc(CCC)c(C)c2C)c(C)c1C. The van der Waals surface area contributed by atoms with E-state index >= 15 is 0 Å². The molecular formula is C48H82NO12P. The number of carbonyl (C=O) groups is 3. The summed E-state index contributed by atoms with van der Waals surface area (Å²) in [5.74, 6) is 2.10. The second-order valence-electron chi connectivity index (χ2n) is 17.1. The Balaban J connectivity index is 1.63. The molecule has 0 spiro atoms. The number of phosphoric ester groups is 1. The first kappa shape index (κ1) is 55.2. The molecule has 2 aromatic heterocycles. The van der Waals surface area contributed by atoms with Crippen molar-refractivity contribution in [1.82, 2.24) is 0 Å². The molecule has 4 N–H and O–H groups in total. The van der Waals surface area contributed by atoms with Gasteiger partial charge in [0, 0.05) is 38.5 Å². The zero-order valence-electron chi connectivity index (χ0n) is 39.2. The molecular weight excluding hydrogens is 813 g/mol. The van der Waals surface area contributed by atoms with Gasteiger partial charge in [-0.15, -0.1) is 0 Å². The van der Waals surface area contributed by atoms with E-state index in [2.05, 4.69) is 46.1 Å². The van der Waals surface area contributed by atoms with Crippen molar-refractivity contribution in [3.63, 3.8) is 0 Å². The average Bonchev–Trinajstić information content (AvgIpc) is 3.66. The van der Waals surface area contributed by atoms with E-state index in [4.69, 9.17) is 33.7 Å². The third-order valence-electron chi connectivity index (χ3n) is 11.7. The Kier molecular flexibility index (Phi) is 28.3. The topological polar surface area (TPSA) is 198 Å². The lowest BCUT2D eigenvalue weighted by molar-refractivity contribution is -0.161. The Bertz CT molecular complexity index is 1620. The van der Waals surface area contributed by atoms with E-state index in [1.807, 2.05) is 0 Å². The van der Waals surface area contributed by atoms with Crippen LogP contribution in [-0.2, 0) is 63.2 Å². The van der Waals surface area contributed by atoms with Crippen molar-refractivity contribution in [1.29, 1.82) is 0 Å². The summed E-state index contributed by atoms with van der Waals surface area (Å²) in [5.41, 5.74) is 10.5. The Hall–Kier alpha value is -2.96. The number of nitrogens with two attached hydrogens (primary N) is 1.